The molecule has 9 heteroatoms. The maximum absolute atomic E-state index is 13.2. The first kappa shape index (κ1) is 21.7. The van der Waals surface area contributed by atoms with Crippen molar-refractivity contribution < 1.29 is 18.0 Å². The van der Waals surface area contributed by atoms with Crippen LogP contribution in [-0.2, 0) is 16.4 Å². The first-order valence-electron chi connectivity index (χ1n) is 9.10. The average Bonchev–Trinajstić information content (AvgIpc) is 3.00. The third-order valence-corrected chi connectivity index (χ3v) is 4.17. The summed E-state index contributed by atoms with van der Waals surface area (Å²) in [4.78, 5) is 18.2. The van der Waals surface area contributed by atoms with Gasteiger partial charge in [0.2, 0.25) is 11.9 Å². The lowest BCUT2D eigenvalue weighted by Gasteiger charge is -2.21. The van der Waals surface area contributed by atoms with Crippen LogP contribution in [0.4, 0.5) is 24.8 Å². The van der Waals surface area contributed by atoms with E-state index in [2.05, 4.69) is 15.4 Å². The predicted molar refractivity (Wildman–Crippen MR) is 103 cm³/mol. The molecule has 28 heavy (non-hydrogen) atoms. The number of nitrogens with zero attached hydrogens (tertiary/aromatic N) is 4. The molecule has 2 aromatic rings. The minimum Gasteiger partial charge on any atom is -0.341 e. The fraction of sp³-hybridized carbons (Fsp3) is 0.526. The second kappa shape index (κ2) is 7.81. The van der Waals surface area contributed by atoms with Gasteiger partial charge in [-0.15, -0.1) is 5.10 Å². The van der Waals surface area contributed by atoms with Crippen LogP contribution < -0.4 is 10.2 Å². The molecule has 0 atom stereocenters. The second-order valence-corrected chi connectivity index (χ2v) is 7.48. The van der Waals surface area contributed by atoms with Crippen molar-refractivity contribution in [1.29, 1.82) is 0 Å². The summed E-state index contributed by atoms with van der Waals surface area (Å²) in [5.41, 5.74) is -0.845. The van der Waals surface area contributed by atoms with E-state index in [1.807, 2.05) is 39.5 Å². The number of carbonyl (C=O) groups is 1. The van der Waals surface area contributed by atoms with Gasteiger partial charge in [-0.05, 0) is 32.0 Å². The second-order valence-electron chi connectivity index (χ2n) is 7.48. The number of halogens is 3. The molecule has 6 nitrogen and oxygen atoms in total. The van der Waals surface area contributed by atoms with Crippen molar-refractivity contribution in [2.24, 2.45) is 0 Å². The Bertz CT molecular complexity index is 848. The molecule has 0 aliphatic carbocycles. The molecule has 0 saturated heterocycles. The highest BCUT2D eigenvalue weighted by Gasteiger charge is 2.32. The minimum atomic E-state index is -4.52. The predicted octanol–water partition coefficient (Wildman–Crippen LogP) is 4.39. The highest BCUT2D eigenvalue weighted by molar-refractivity contribution is 5.91. The maximum atomic E-state index is 13.2. The number of rotatable bonds is 5. The van der Waals surface area contributed by atoms with Crippen LogP contribution in [0, 0.1) is 0 Å². The fourth-order valence-electron chi connectivity index (χ4n) is 2.68. The van der Waals surface area contributed by atoms with E-state index in [9.17, 15) is 18.0 Å². The van der Waals surface area contributed by atoms with E-state index >= 15 is 0 Å². The summed E-state index contributed by atoms with van der Waals surface area (Å²) >= 11 is 0. The van der Waals surface area contributed by atoms with E-state index in [1.165, 1.54) is 17.7 Å². The zero-order chi connectivity index (χ0) is 21.3. The van der Waals surface area contributed by atoms with Gasteiger partial charge >= 0.3 is 6.18 Å². The summed E-state index contributed by atoms with van der Waals surface area (Å²) in [6.45, 7) is 12.3. The van der Waals surface area contributed by atoms with Crippen molar-refractivity contribution in [3.63, 3.8) is 0 Å². The third-order valence-electron chi connectivity index (χ3n) is 4.17. The quantitative estimate of drug-likeness (QED) is 0.813. The third kappa shape index (κ3) is 4.63. The summed E-state index contributed by atoms with van der Waals surface area (Å²) < 4.78 is 41.0. The van der Waals surface area contributed by atoms with Crippen molar-refractivity contribution in [2.45, 2.75) is 53.1 Å². The van der Waals surface area contributed by atoms with Gasteiger partial charge in [0, 0.05) is 25.4 Å². The molecule has 1 N–H and O–H groups in total. The Kier molecular flexibility index (Phi) is 6.06. The Morgan fingerprint density at radius 1 is 1.18 bits per heavy atom. The average molecular weight is 397 g/mol. The van der Waals surface area contributed by atoms with Gasteiger partial charge in [0.15, 0.2) is 5.82 Å². The van der Waals surface area contributed by atoms with Crippen LogP contribution in [0.2, 0.25) is 0 Å². The largest absolute Gasteiger partial charge is 0.416 e. The number of anilines is 2. The Morgan fingerprint density at radius 3 is 2.25 bits per heavy atom. The molecular formula is C19H26F3N5O. The molecule has 0 bridgehead atoms. The first-order valence-corrected chi connectivity index (χ1v) is 9.10. The molecule has 154 valence electrons. The number of hydrogen-bond acceptors (Lipinski definition) is 4. The molecule has 2 rings (SSSR count). The smallest absolute Gasteiger partial charge is 0.341 e. The van der Waals surface area contributed by atoms with E-state index in [0.29, 0.717) is 30.5 Å². The number of aromatic nitrogens is 3. The van der Waals surface area contributed by atoms with Crippen LogP contribution in [0.5, 0.6) is 0 Å². The van der Waals surface area contributed by atoms with Crippen LogP contribution in [0.25, 0.3) is 5.69 Å². The number of amides is 1. The summed E-state index contributed by atoms with van der Waals surface area (Å²) in [6.07, 6.45) is -4.52. The van der Waals surface area contributed by atoms with Gasteiger partial charge in [-0.1, -0.05) is 20.8 Å². The van der Waals surface area contributed by atoms with Gasteiger partial charge in [0.1, 0.15) is 0 Å². The van der Waals surface area contributed by atoms with Crippen LogP contribution in [0.3, 0.4) is 0 Å². The molecule has 0 unspecified atom stereocenters. The number of alkyl halides is 3. The highest BCUT2D eigenvalue weighted by atomic mass is 19.4. The molecule has 0 aliphatic rings. The summed E-state index contributed by atoms with van der Waals surface area (Å²) in [6, 6.07) is 3.20. The molecule has 0 aliphatic heterocycles. The lowest BCUT2D eigenvalue weighted by atomic mass is 9.96. The summed E-state index contributed by atoms with van der Waals surface area (Å²) in [5, 5.41) is 7.05. The maximum Gasteiger partial charge on any atom is 0.416 e. The standard InChI is InChI=1S/C19H26F3N5O/c1-7-26(8-2)17-24-16(18(4,5)6)25-27(17)15-10-9-13(19(20,21)22)11-14(15)23-12(3)28/h9-11H,7-8H2,1-6H3,(H,23,28). The highest BCUT2D eigenvalue weighted by Crippen LogP contribution is 2.35. The van der Waals surface area contributed by atoms with E-state index in [-0.39, 0.29) is 11.1 Å². The Balaban J connectivity index is 2.74. The zero-order valence-electron chi connectivity index (χ0n) is 17.0. The summed E-state index contributed by atoms with van der Waals surface area (Å²) in [5.74, 6) is 0.602. The number of carbonyl (C=O) groups excluding carboxylic acids is 1. The molecule has 0 fully saturated rings. The molecule has 1 heterocycles. The number of benzene rings is 1. The van der Waals surface area contributed by atoms with E-state index in [0.717, 1.165) is 12.1 Å². The molecular weight excluding hydrogens is 371 g/mol. The Labute approximate surface area is 162 Å². The van der Waals surface area contributed by atoms with Crippen molar-refractivity contribution in [2.75, 3.05) is 23.3 Å². The molecule has 0 radical (unpaired) electrons. The topological polar surface area (TPSA) is 63.1 Å². The van der Waals surface area contributed by atoms with E-state index in [4.69, 9.17) is 0 Å². The molecule has 1 aromatic heterocycles. The Morgan fingerprint density at radius 2 is 1.79 bits per heavy atom. The number of nitrogens with one attached hydrogen (secondary N) is 1. The van der Waals surface area contributed by atoms with Gasteiger partial charge in [-0.3, -0.25) is 4.79 Å². The molecule has 0 saturated carbocycles. The van der Waals surface area contributed by atoms with Crippen LogP contribution in [-0.4, -0.2) is 33.8 Å². The molecule has 0 spiro atoms. The SMILES string of the molecule is CCN(CC)c1nc(C(C)(C)C)nn1-c1ccc(C(F)(F)F)cc1NC(C)=O. The van der Waals surface area contributed by atoms with E-state index < -0.39 is 17.6 Å². The van der Waals surface area contributed by atoms with Crippen LogP contribution >= 0.6 is 0 Å². The van der Waals surface area contributed by atoms with Crippen LogP contribution in [0.15, 0.2) is 18.2 Å². The van der Waals surface area contributed by atoms with Crippen molar-refractivity contribution in [3.8, 4) is 5.69 Å². The van der Waals surface area contributed by atoms with Crippen molar-refractivity contribution >= 4 is 17.5 Å². The first-order chi connectivity index (χ1) is 12.9. The monoisotopic (exact) mass is 397 g/mol. The summed E-state index contributed by atoms with van der Waals surface area (Å²) in [7, 11) is 0. The fourth-order valence-corrected chi connectivity index (χ4v) is 2.68. The lowest BCUT2D eigenvalue weighted by Crippen LogP contribution is -2.26. The van der Waals surface area contributed by atoms with Gasteiger partial charge < -0.3 is 10.2 Å². The molecule has 1 amide bonds. The van der Waals surface area contributed by atoms with Crippen molar-refractivity contribution in [1.82, 2.24) is 14.8 Å². The van der Waals surface area contributed by atoms with E-state index in [1.54, 1.807) is 0 Å². The van der Waals surface area contributed by atoms with Gasteiger partial charge in [0.05, 0.1) is 16.9 Å². The van der Waals surface area contributed by atoms with Crippen molar-refractivity contribution in [3.05, 3.63) is 29.6 Å². The van der Waals surface area contributed by atoms with Gasteiger partial charge in [-0.2, -0.15) is 22.8 Å². The minimum absolute atomic E-state index is 0.0288. The van der Waals surface area contributed by atoms with Gasteiger partial charge in [0.25, 0.3) is 0 Å². The zero-order valence-corrected chi connectivity index (χ0v) is 17.0. The lowest BCUT2D eigenvalue weighted by molar-refractivity contribution is -0.137. The number of hydrogen-bond donors (Lipinski definition) is 1. The van der Waals surface area contributed by atoms with Crippen LogP contribution in [0.1, 0.15) is 52.9 Å². The normalized spacial score (nSPS) is 12.2. The Hall–Kier alpha value is -2.58. The molecule has 1 aromatic carbocycles. The van der Waals surface area contributed by atoms with Gasteiger partial charge in [-0.25, -0.2) is 0 Å².